The monoisotopic (exact) mass is 431 g/mol. The summed E-state index contributed by atoms with van der Waals surface area (Å²) < 4.78 is 19.2. The van der Waals surface area contributed by atoms with Crippen LogP contribution in [0, 0.1) is 11.2 Å². The molecule has 1 unspecified atom stereocenters. The van der Waals surface area contributed by atoms with E-state index >= 15 is 0 Å². The Kier molecular flexibility index (Phi) is 5.39. The van der Waals surface area contributed by atoms with Crippen LogP contribution in [0.15, 0.2) is 72.8 Å². The normalized spacial score (nSPS) is 20.2. The molecular weight excluding hydrogens is 405 g/mol. The number of aromatic nitrogens is 1. The Morgan fingerprint density at radius 2 is 1.78 bits per heavy atom. The molecule has 0 radical (unpaired) electrons. The largest absolute Gasteiger partial charge is 0.481 e. The van der Waals surface area contributed by atoms with Crippen molar-refractivity contribution in [3.05, 3.63) is 89.9 Å². The van der Waals surface area contributed by atoms with E-state index in [1.165, 1.54) is 12.1 Å². The van der Waals surface area contributed by atoms with Gasteiger partial charge in [-0.05, 0) is 55.8 Å². The molecular formula is C26H26FN3O2. The number of nitrogens with zero attached hydrogens (tertiary/aromatic N) is 3. The third-order valence-electron chi connectivity index (χ3n) is 6.75. The first-order valence-electron chi connectivity index (χ1n) is 11.0. The summed E-state index contributed by atoms with van der Waals surface area (Å²) in [6, 6.07) is 22.1. The van der Waals surface area contributed by atoms with E-state index in [9.17, 15) is 9.18 Å². The molecule has 1 aromatic heterocycles. The number of β-lactam (4-membered cyclic amide) rings is 1. The molecule has 0 N–H and O–H groups in total. The molecule has 2 fully saturated rings. The molecule has 5 nitrogen and oxygen atoms in total. The first-order valence-corrected chi connectivity index (χ1v) is 11.0. The van der Waals surface area contributed by atoms with Crippen LogP contribution in [0.1, 0.15) is 30.1 Å². The first-order chi connectivity index (χ1) is 15.6. The third-order valence-corrected chi connectivity index (χ3v) is 6.75. The number of amides is 1. The summed E-state index contributed by atoms with van der Waals surface area (Å²) >= 11 is 0. The predicted octanol–water partition coefficient (Wildman–Crippen LogP) is 4.60. The molecule has 1 amide bonds. The van der Waals surface area contributed by atoms with Crippen molar-refractivity contribution < 1.29 is 13.9 Å². The Morgan fingerprint density at radius 3 is 2.50 bits per heavy atom. The molecule has 1 spiro atoms. The lowest BCUT2D eigenvalue weighted by molar-refractivity contribution is -0.145. The van der Waals surface area contributed by atoms with Gasteiger partial charge < -0.3 is 9.64 Å². The molecule has 2 saturated heterocycles. The Balaban J connectivity index is 1.38. The van der Waals surface area contributed by atoms with Crippen LogP contribution in [0.3, 0.4) is 0 Å². The SMILES string of the molecule is COc1cccc(CN2CCC3(CC2)C(=O)N(c2cccc(F)c2)C3c2ccccc2)n1. The minimum absolute atomic E-state index is 0.0879. The summed E-state index contributed by atoms with van der Waals surface area (Å²) in [5, 5.41) is 0. The number of carbonyl (C=O) groups excluding carboxylic acids is 1. The number of carbonyl (C=O) groups is 1. The minimum Gasteiger partial charge on any atom is -0.481 e. The second-order valence-corrected chi connectivity index (χ2v) is 8.57. The van der Waals surface area contributed by atoms with Gasteiger partial charge in [0.15, 0.2) is 0 Å². The molecule has 0 aliphatic carbocycles. The molecule has 1 atom stereocenters. The first kappa shape index (κ1) is 20.6. The maximum atomic E-state index is 13.9. The zero-order valence-electron chi connectivity index (χ0n) is 18.1. The molecule has 164 valence electrons. The number of anilines is 1. The number of hydrogen-bond donors (Lipinski definition) is 0. The lowest BCUT2D eigenvalue weighted by Gasteiger charge is -2.59. The number of methoxy groups -OCH3 is 1. The maximum absolute atomic E-state index is 13.9. The van der Waals surface area contributed by atoms with Crippen molar-refractivity contribution in [2.45, 2.75) is 25.4 Å². The highest BCUT2D eigenvalue weighted by Crippen LogP contribution is 2.57. The van der Waals surface area contributed by atoms with Crippen molar-refractivity contribution in [3.63, 3.8) is 0 Å². The van der Waals surface area contributed by atoms with Crippen LogP contribution >= 0.6 is 0 Å². The summed E-state index contributed by atoms with van der Waals surface area (Å²) in [5.41, 5.74) is 2.23. The van der Waals surface area contributed by atoms with E-state index in [0.29, 0.717) is 11.6 Å². The number of rotatable bonds is 5. The summed E-state index contributed by atoms with van der Waals surface area (Å²) in [6.45, 7) is 2.35. The number of hydrogen-bond acceptors (Lipinski definition) is 4. The number of piperidine rings is 1. The van der Waals surface area contributed by atoms with Crippen molar-refractivity contribution in [1.29, 1.82) is 0 Å². The van der Waals surface area contributed by atoms with Gasteiger partial charge in [0, 0.05) is 18.3 Å². The van der Waals surface area contributed by atoms with Crippen LogP contribution in [0.5, 0.6) is 5.88 Å². The van der Waals surface area contributed by atoms with E-state index in [0.717, 1.165) is 43.7 Å². The fraction of sp³-hybridized carbons (Fsp3) is 0.308. The molecule has 6 heteroatoms. The molecule has 5 rings (SSSR count). The van der Waals surface area contributed by atoms with Crippen molar-refractivity contribution >= 4 is 11.6 Å². The van der Waals surface area contributed by atoms with E-state index in [1.54, 1.807) is 18.1 Å². The Bertz CT molecular complexity index is 1110. The maximum Gasteiger partial charge on any atom is 0.236 e. The van der Waals surface area contributed by atoms with Crippen molar-refractivity contribution in [2.75, 3.05) is 25.1 Å². The average Bonchev–Trinajstić information content (AvgIpc) is 2.83. The Labute approximate surface area is 187 Å². The third kappa shape index (κ3) is 3.54. The van der Waals surface area contributed by atoms with Crippen LogP contribution in [0.2, 0.25) is 0 Å². The number of likely N-dealkylation sites (tertiary alicyclic amines) is 1. The molecule has 0 saturated carbocycles. The second kappa shape index (κ2) is 8.36. The van der Waals surface area contributed by atoms with Crippen LogP contribution in [0.25, 0.3) is 0 Å². The van der Waals surface area contributed by atoms with Crippen LogP contribution in [-0.4, -0.2) is 36.0 Å². The number of halogens is 1. The molecule has 3 aromatic rings. The Morgan fingerprint density at radius 1 is 1.03 bits per heavy atom. The van der Waals surface area contributed by atoms with Gasteiger partial charge >= 0.3 is 0 Å². The van der Waals surface area contributed by atoms with Crippen LogP contribution in [0.4, 0.5) is 10.1 Å². The van der Waals surface area contributed by atoms with E-state index in [-0.39, 0.29) is 17.8 Å². The van der Waals surface area contributed by atoms with Gasteiger partial charge in [-0.25, -0.2) is 9.37 Å². The highest BCUT2D eigenvalue weighted by atomic mass is 19.1. The van der Waals surface area contributed by atoms with Gasteiger partial charge in [0.2, 0.25) is 11.8 Å². The number of pyridine rings is 1. The van der Waals surface area contributed by atoms with E-state index in [2.05, 4.69) is 22.0 Å². The quantitative estimate of drug-likeness (QED) is 0.554. The topological polar surface area (TPSA) is 45.7 Å². The smallest absolute Gasteiger partial charge is 0.236 e. The highest BCUT2D eigenvalue weighted by molar-refractivity contribution is 6.06. The fourth-order valence-electron chi connectivity index (χ4n) is 5.14. The predicted molar refractivity (Wildman–Crippen MR) is 121 cm³/mol. The van der Waals surface area contributed by atoms with Gasteiger partial charge in [0.1, 0.15) is 5.82 Å². The van der Waals surface area contributed by atoms with Gasteiger partial charge in [0.05, 0.1) is 24.3 Å². The summed E-state index contributed by atoms with van der Waals surface area (Å²) in [4.78, 5) is 22.2. The van der Waals surface area contributed by atoms with Crippen LogP contribution < -0.4 is 9.64 Å². The zero-order chi connectivity index (χ0) is 22.1. The molecule has 0 bridgehead atoms. The molecule has 2 aliphatic rings. The Hall–Kier alpha value is -3.25. The lowest BCUT2D eigenvalue weighted by atomic mass is 9.62. The zero-order valence-corrected chi connectivity index (χ0v) is 18.1. The summed E-state index contributed by atoms with van der Waals surface area (Å²) in [6.07, 6.45) is 1.53. The summed E-state index contributed by atoms with van der Waals surface area (Å²) in [7, 11) is 1.62. The molecule has 32 heavy (non-hydrogen) atoms. The molecule has 3 heterocycles. The highest BCUT2D eigenvalue weighted by Gasteiger charge is 2.61. The van der Waals surface area contributed by atoms with Crippen molar-refractivity contribution in [1.82, 2.24) is 9.88 Å². The summed E-state index contributed by atoms with van der Waals surface area (Å²) in [5.74, 6) is 0.375. The van der Waals surface area contributed by atoms with E-state index in [4.69, 9.17) is 4.74 Å². The fourth-order valence-corrected chi connectivity index (χ4v) is 5.14. The van der Waals surface area contributed by atoms with Gasteiger partial charge in [-0.15, -0.1) is 0 Å². The van der Waals surface area contributed by atoms with Crippen LogP contribution in [-0.2, 0) is 11.3 Å². The second-order valence-electron chi connectivity index (χ2n) is 8.57. The van der Waals surface area contributed by atoms with Crippen molar-refractivity contribution in [2.24, 2.45) is 5.41 Å². The minimum atomic E-state index is -0.452. The van der Waals surface area contributed by atoms with Gasteiger partial charge in [-0.1, -0.05) is 42.5 Å². The van der Waals surface area contributed by atoms with E-state index in [1.807, 2.05) is 42.5 Å². The number of ether oxygens (including phenoxy) is 1. The average molecular weight is 432 g/mol. The van der Waals surface area contributed by atoms with Gasteiger partial charge in [-0.3, -0.25) is 9.69 Å². The van der Waals surface area contributed by atoms with Crippen molar-refractivity contribution in [3.8, 4) is 5.88 Å². The molecule has 2 aromatic carbocycles. The lowest BCUT2D eigenvalue weighted by Crippen LogP contribution is -2.66. The van der Waals surface area contributed by atoms with Gasteiger partial charge in [0.25, 0.3) is 0 Å². The molecule has 2 aliphatic heterocycles. The number of benzene rings is 2. The van der Waals surface area contributed by atoms with Gasteiger partial charge in [-0.2, -0.15) is 0 Å². The standard InChI is InChI=1S/C26H26FN3O2/c1-32-23-12-6-10-21(28-23)18-29-15-13-26(14-16-29)24(19-7-3-2-4-8-19)30(25(26)31)22-11-5-9-20(27)17-22/h2-12,17,24H,13-16,18H2,1H3. The van der Waals surface area contributed by atoms with E-state index < -0.39 is 5.41 Å².